The minimum atomic E-state index is -1.10. The number of nitrogens with zero attached hydrogens (tertiary/aromatic N) is 4. The Morgan fingerprint density at radius 1 is 0.897 bits per heavy atom. The van der Waals surface area contributed by atoms with Gasteiger partial charge in [-0.2, -0.15) is 5.26 Å². The molecule has 0 saturated heterocycles. The molecular weight excluding hydrogens is 1010 g/mol. The Morgan fingerprint density at radius 2 is 1.60 bits per heavy atom. The summed E-state index contributed by atoms with van der Waals surface area (Å²) in [5.74, 6) is 1.36. The first-order valence-electron chi connectivity index (χ1n) is 28.8. The van der Waals surface area contributed by atoms with E-state index in [9.17, 15) is 49.0 Å². The molecule has 0 bridgehead atoms. The van der Waals surface area contributed by atoms with Gasteiger partial charge in [0.2, 0.25) is 17.7 Å². The van der Waals surface area contributed by atoms with E-state index in [0.29, 0.717) is 99.2 Å². The zero-order valence-electron chi connectivity index (χ0n) is 47.9. The largest absolute Gasteiger partial charge is 0.480 e. The summed E-state index contributed by atoms with van der Waals surface area (Å²) < 4.78 is 6.43. The Hall–Kier alpha value is -5.47. The molecule has 0 aliphatic heterocycles. The number of aliphatic hydroxyl groups is 1. The lowest BCUT2D eigenvalue weighted by molar-refractivity contribution is -0.168. The highest BCUT2D eigenvalue weighted by atomic mass is 32.1. The van der Waals surface area contributed by atoms with Crippen molar-refractivity contribution in [2.75, 3.05) is 33.2 Å². The topological polar surface area (TPSA) is 236 Å². The maximum Gasteiger partial charge on any atom is 0.415 e. The minimum absolute atomic E-state index is 0.0529. The van der Waals surface area contributed by atoms with Gasteiger partial charge in [0.1, 0.15) is 17.9 Å². The molecule has 0 radical (unpaired) electrons. The lowest BCUT2D eigenvalue weighted by Crippen LogP contribution is -2.58. The van der Waals surface area contributed by atoms with Crippen LogP contribution in [-0.4, -0.2) is 112 Å². The van der Waals surface area contributed by atoms with E-state index < -0.39 is 23.5 Å². The number of aromatic nitrogens is 1. The number of rotatable bonds is 22. The quantitative estimate of drug-likeness (QED) is 0.0637. The van der Waals surface area contributed by atoms with Crippen molar-refractivity contribution in [3.63, 3.8) is 0 Å². The number of allylic oxidation sites excluding steroid dienone is 4. The Bertz CT molecular complexity index is 2740. The van der Waals surface area contributed by atoms with Crippen LogP contribution in [0.5, 0.6) is 5.75 Å². The van der Waals surface area contributed by atoms with Crippen LogP contribution in [0.15, 0.2) is 40.5 Å². The molecule has 5 aliphatic rings. The average Bonchev–Trinajstić information content (AvgIpc) is 3.66. The van der Waals surface area contributed by atoms with E-state index in [4.69, 9.17) is 4.74 Å². The normalized spacial score (nSPS) is 27.7. The number of thiazole rings is 1. The molecule has 11 atom stereocenters. The SMILES string of the molecule is CC1=C(C)C(=O)C(C(C)(C)CC(=O)N(C)CCN(CCCC(=O)NCCCCC(NC(=O)CC[C@@H](C)[C@H]2CC[C@H]3[C@@H]4[C@H](O)C[C@@H]5C[C@H](C)CC[C@]5(C)[C@H]4CC[C@]23C)C(=O)O)C(=O)Oc2ccc3nc(C#N)sc3c2)=C(C)C1=O. The molecule has 1 heterocycles. The van der Waals surface area contributed by atoms with Gasteiger partial charge in [0, 0.05) is 86.3 Å². The molecule has 2 aromatic rings. The average molecular weight is 1100 g/mol. The first kappa shape index (κ1) is 60.2. The molecule has 17 heteroatoms. The van der Waals surface area contributed by atoms with Gasteiger partial charge < -0.3 is 35.4 Å². The van der Waals surface area contributed by atoms with E-state index in [-0.39, 0.29) is 103 Å². The maximum absolute atomic E-state index is 13.7. The fraction of sp³-hybridized carbons (Fsp3) is 0.689. The van der Waals surface area contributed by atoms with E-state index >= 15 is 0 Å². The van der Waals surface area contributed by atoms with Crippen LogP contribution in [0.2, 0.25) is 0 Å². The third-order valence-electron chi connectivity index (χ3n) is 19.7. The molecule has 1 aromatic carbocycles. The molecule has 1 unspecified atom stereocenters. The van der Waals surface area contributed by atoms with E-state index in [1.165, 1.54) is 41.9 Å². The molecule has 16 nitrogen and oxygen atoms in total. The predicted octanol–water partition coefficient (Wildman–Crippen LogP) is 9.97. The van der Waals surface area contributed by atoms with Crippen molar-refractivity contribution in [1.82, 2.24) is 25.4 Å². The first-order chi connectivity index (χ1) is 36.8. The van der Waals surface area contributed by atoms with Crippen LogP contribution in [0, 0.1) is 69.0 Å². The zero-order chi connectivity index (χ0) is 57.0. The fourth-order valence-electron chi connectivity index (χ4n) is 15.1. The number of carboxylic acid groups (broad SMARTS) is 1. The number of ether oxygens (including phenoxy) is 1. The number of unbranched alkanes of at least 4 members (excludes halogenated alkanes) is 1. The Kier molecular flexibility index (Phi) is 19.2. The number of nitrogens with one attached hydrogen (secondary N) is 2. The number of amides is 4. The molecule has 1 aromatic heterocycles. The number of carbonyl (C=O) groups is 7. The van der Waals surface area contributed by atoms with Gasteiger partial charge in [0.25, 0.3) is 0 Å². The molecule has 78 heavy (non-hydrogen) atoms. The van der Waals surface area contributed by atoms with E-state index in [2.05, 4.69) is 43.3 Å². The highest BCUT2D eigenvalue weighted by Crippen LogP contribution is 2.68. The summed E-state index contributed by atoms with van der Waals surface area (Å²) in [6, 6.07) is 5.83. The summed E-state index contributed by atoms with van der Waals surface area (Å²) in [6.07, 6.45) is 10.7. The number of hydrogen-bond acceptors (Lipinski definition) is 12. The highest BCUT2D eigenvalue weighted by molar-refractivity contribution is 7.19. The molecule has 0 spiro atoms. The molecule has 4 amide bonds. The second-order valence-corrected chi connectivity index (χ2v) is 26.3. The van der Waals surface area contributed by atoms with Crippen LogP contribution in [0.1, 0.15) is 170 Å². The number of carbonyl (C=O) groups excluding carboxylic acids is 6. The number of fused-ring (bicyclic) bond motifs is 6. The molecule has 4 fully saturated rings. The monoisotopic (exact) mass is 1090 g/mol. The second kappa shape index (κ2) is 24.9. The number of carboxylic acids is 1. The summed E-state index contributed by atoms with van der Waals surface area (Å²) >= 11 is 1.16. The molecular formula is C61H86N6O10S. The summed E-state index contributed by atoms with van der Waals surface area (Å²) in [7, 11) is 1.60. The van der Waals surface area contributed by atoms with Crippen molar-refractivity contribution in [1.29, 1.82) is 5.26 Å². The Morgan fingerprint density at radius 3 is 2.32 bits per heavy atom. The number of Topliss-reactive ketones (excluding diaryl/α,β-unsaturated/α-hetero) is 2. The molecule has 4 saturated carbocycles. The van der Waals surface area contributed by atoms with Gasteiger partial charge in [-0.15, -0.1) is 11.3 Å². The van der Waals surface area contributed by atoms with Gasteiger partial charge in [-0.25, -0.2) is 14.6 Å². The van der Waals surface area contributed by atoms with Crippen molar-refractivity contribution in [3.8, 4) is 11.8 Å². The lowest BCUT2D eigenvalue weighted by atomic mass is 9.43. The number of nitriles is 1. The summed E-state index contributed by atoms with van der Waals surface area (Å²) in [6.45, 7) is 18.6. The van der Waals surface area contributed by atoms with Gasteiger partial charge in [0.15, 0.2) is 16.6 Å². The van der Waals surface area contributed by atoms with E-state index in [1.807, 2.05) is 6.07 Å². The summed E-state index contributed by atoms with van der Waals surface area (Å²) in [5.41, 5.74) is 1.49. The third-order valence-corrected chi connectivity index (χ3v) is 20.7. The smallest absolute Gasteiger partial charge is 0.415 e. The van der Waals surface area contributed by atoms with Crippen LogP contribution in [0.4, 0.5) is 4.79 Å². The second-order valence-electron chi connectivity index (χ2n) is 25.2. The number of aliphatic hydroxyl groups excluding tert-OH is 1. The van der Waals surface area contributed by atoms with E-state index in [0.717, 1.165) is 36.5 Å². The van der Waals surface area contributed by atoms with Gasteiger partial charge in [0.05, 0.1) is 16.3 Å². The number of hydrogen-bond donors (Lipinski definition) is 4. The molecule has 5 aliphatic carbocycles. The van der Waals surface area contributed by atoms with Crippen molar-refractivity contribution in [2.45, 2.75) is 177 Å². The lowest BCUT2D eigenvalue weighted by Gasteiger charge is -2.62. The highest BCUT2D eigenvalue weighted by Gasteiger charge is 2.62. The Labute approximate surface area is 465 Å². The number of ketones is 2. The molecule has 4 N–H and O–H groups in total. The number of aliphatic carboxylic acids is 1. The first-order valence-corrected chi connectivity index (χ1v) is 29.6. The number of likely N-dealkylation sites (N-methyl/N-ethyl adjacent to an activating group) is 1. The van der Waals surface area contributed by atoms with Gasteiger partial charge >= 0.3 is 12.1 Å². The van der Waals surface area contributed by atoms with Crippen LogP contribution >= 0.6 is 11.3 Å². The zero-order valence-corrected chi connectivity index (χ0v) is 48.7. The van der Waals surface area contributed by atoms with Gasteiger partial charge in [-0.1, -0.05) is 48.0 Å². The standard InChI is InChI=1S/C61H86N6O10S/c1-35-22-24-60(8)40(30-35)31-47(68)53-43-19-18-42(61(43,9)25-23-44(53)60)36(2)16-21-50(70)64-46(57(74)75)14-11-12-26-63-49(69)15-13-27-67(58(76)77-41-17-20-45-48(32-41)78-51(34-62)65-45)29-28-66(10)52(71)33-59(6,7)54-39(5)55(72)37(3)38(4)56(54)73/h17,20,32,35-36,40,42-44,46-47,53,68H,11-16,18-19,21-31,33H2,1-10H3,(H,63,69)(H,64,70)(H,74,75)/t35-,36-,40+,42-,43+,44+,46?,47-,53+,60+,61-/m1/s1. The minimum Gasteiger partial charge on any atom is -0.480 e. The van der Waals surface area contributed by atoms with Crippen LogP contribution in [0.25, 0.3) is 10.2 Å². The van der Waals surface area contributed by atoms with Crippen molar-refractivity contribution >= 4 is 62.9 Å². The van der Waals surface area contributed by atoms with Crippen molar-refractivity contribution in [3.05, 3.63) is 45.5 Å². The molecule has 426 valence electrons. The van der Waals surface area contributed by atoms with Crippen molar-refractivity contribution < 1.29 is 48.5 Å². The summed E-state index contributed by atoms with van der Waals surface area (Å²) in [4.78, 5) is 99.4. The predicted molar refractivity (Wildman–Crippen MR) is 299 cm³/mol. The number of benzene rings is 1. The van der Waals surface area contributed by atoms with Crippen LogP contribution in [-0.2, 0) is 28.8 Å². The van der Waals surface area contributed by atoms with E-state index in [1.54, 1.807) is 59.9 Å². The van der Waals surface area contributed by atoms with Gasteiger partial charge in [-0.05, 0) is 162 Å². The van der Waals surface area contributed by atoms with Gasteiger partial charge in [-0.3, -0.25) is 24.0 Å². The van der Waals surface area contributed by atoms with Crippen LogP contribution < -0.4 is 15.4 Å². The fourth-order valence-corrected chi connectivity index (χ4v) is 15.9. The third kappa shape index (κ3) is 13.1. The van der Waals surface area contributed by atoms with Crippen LogP contribution in [0.3, 0.4) is 0 Å². The Balaban J connectivity index is 0.849. The summed E-state index contributed by atoms with van der Waals surface area (Å²) in [5, 5.41) is 37.0. The maximum atomic E-state index is 13.7. The molecule has 7 rings (SSSR count). The van der Waals surface area contributed by atoms with Crippen molar-refractivity contribution in [2.24, 2.45) is 57.7 Å².